The van der Waals surface area contributed by atoms with Crippen molar-refractivity contribution in [2.75, 3.05) is 13.2 Å². The summed E-state index contributed by atoms with van der Waals surface area (Å²) >= 11 is 0. The molecule has 1 aliphatic carbocycles. The fourth-order valence-electron chi connectivity index (χ4n) is 2.01. The van der Waals surface area contributed by atoms with E-state index in [4.69, 9.17) is 4.74 Å². The highest BCUT2D eigenvalue weighted by Crippen LogP contribution is 2.50. The SMILES string of the molecule is CCOCC1(CCCCC(C)C)CC1. The minimum Gasteiger partial charge on any atom is -0.381 e. The zero-order valence-corrected chi connectivity index (χ0v) is 10.1. The fourth-order valence-corrected chi connectivity index (χ4v) is 2.01. The summed E-state index contributed by atoms with van der Waals surface area (Å²) < 4.78 is 5.54. The van der Waals surface area contributed by atoms with Crippen LogP contribution in [-0.2, 0) is 4.74 Å². The van der Waals surface area contributed by atoms with Crippen LogP contribution in [0.4, 0.5) is 0 Å². The lowest BCUT2D eigenvalue weighted by atomic mass is 9.97. The molecule has 1 heteroatoms. The standard InChI is InChI=1S/C13H26O/c1-4-14-11-13(9-10-13)8-6-5-7-12(2)3/h12H,4-11H2,1-3H3. The second-order valence-electron chi connectivity index (χ2n) is 5.28. The quantitative estimate of drug-likeness (QED) is 0.535. The van der Waals surface area contributed by atoms with Gasteiger partial charge in [0, 0.05) is 6.61 Å². The van der Waals surface area contributed by atoms with Crippen LogP contribution >= 0.6 is 0 Å². The normalized spacial score (nSPS) is 18.9. The van der Waals surface area contributed by atoms with E-state index in [1.807, 2.05) is 0 Å². The summed E-state index contributed by atoms with van der Waals surface area (Å²) in [7, 11) is 0. The number of unbranched alkanes of at least 4 members (excludes halogenated alkanes) is 1. The Morgan fingerprint density at radius 3 is 2.43 bits per heavy atom. The highest BCUT2D eigenvalue weighted by atomic mass is 16.5. The molecule has 0 aromatic carbocycles. The molecule has 0 heterocycles. The monoisotopic (exact) mass is 198 g/mol. The minimum absolute atomic E-state index is 0.618. The number of ether oxygens (including phenoxy) is 1. The van der Waals surface area contributed by atoms with Crippen molar-refractivity contribution < 1.29 is 4.74 Å². The smallest absolute Gasteiger partial charge is 0.0522 e. The molecule has 0 unspecified atom stereocenters. The van der Waals surface area contributed by atoms with Gasteiger partial charge in [-0.05, 0) is 37.5 Å². The first-order valence-electron chi connectivity index (χ1n) is 6.26. The third-order valence-electron chi connectivity index (χ3n) is 3.31. The van der Waals surface area contributed by atoms with Crippen LogP contribution in [-0.4, -0.2) is 13.2 Å². The van der Waals surface area contributed by atoms with Crippen molar-refractivity contribution in [1.82, 2.24) is 0 Å². The maximum absolute atomic E-state index is 5.54. The van der Waals surface area contributed by atoms with Gasteiger partial charge in [-0.25, -0.2) is 0 Å². The van der Waals surface area contributed by atoms with Crippen molar-refractivity contribution >= 4 is 0 Å². The van der Waals surface area contributed by atoms with Crippen molar-refractivity contribution in [1.29, 1.82) is 0 Å². The molecule has 0 radical (unpaired) electrons. The van der Waals surface area contributed by atoms with Crippen LogP contribution in [0.3, 0.4) is 0 Å². The van der Waals surface area contributed by atoms with Gasteiger partial charge < -0.3 is 4.74 Å². The minimum atomic E-state index is 0.618. The topological polar surface area (TPSA) is 9.23 Å². The Morgan fingerprint density at radius 2 is 1.93 bits per heavy atom. The van der Waals surface area contributed by atoms with E-state index in [9.17, 15) is 0 Å². The van der Waals surface area contributed by atoms with Gasteiger partial charge >= 0.3 is 0 Å². The average molecular weight is 198 g/mol. The molecule has 1 fully saturated rings. The summed E-state index contributed by atoms with van der Waals surface area (Å²) in [5.74, 6) is 0.872. The van der Waals surface area contributed by atoms with Gasteiger partial charge in [-0.3, -0.25) is 0 Å². The molecule has 14 heavy (non-hydrogen) atoms. The molecule has 0 aliphatic heterocycles. The predicted octanol–water partition coefficient (Wildman–Crippen LogP) is 4.02. The van der Waals surface area contributed by atoms with Gasteiger partial charge in [-0.15, -0.1) is 0 Å². The lowest BCUT2D eigenvalue weighted by molar-refractivity contribution is 0.0955. The molecule has 0 amide bonds. The maximum atomic E-state index is 5.54. The second kappa shape index (κ2) is 5.75. The lowest BCUT2D eigenvalue weighted by Gasteiger charge is -2.14. The Labute approximate surface area is 89.2 Å². The highest BCUT2D eigenvalue weighted by Gasteiger charge is 2.41. The van der Waals surface area contributed by atoms with E-state index in [0.717, 1.165) is 19.1 Å². The van der Waals surface area contributed by atoms with Crippen LogP contribution in [0.5, 0.6) is 0 Å². The van der Waals surface area contributed by atoms with Crippen LogP contribution in [0.2, 0.25) is 0 Å². The van der Waals surface area contributed by atoms with E-state index in [1.165, 1.54) is 38.5 Å². The largest absolute Gasteiger partial charge is 0.381 e. The Bertz CT molecular complexity index is 147. The molecule has 1 saturated carbocycles. The summed E-state index contributed by atoms with van der Waals surface area (Å²) in [6.07, 6.45) is 8.44. The van der Waals surface area contributed by atoms with E-state index in [-0.39, 0.29) is 0 Å². The van der Waals surface area contributed by atoms with Gasteiger partial charge in [0.2, 0.25) is 0 Å². The molecule has 0 aromatic rings. The number of hydrogen-bond donors (Lipinski definition) is 0. The molecule has 0 N–H and O–H groups in total. The molecule has 84 valence electrons. The van der Waals surface area contributed by atoms with Gasteiger partial charge in [0.15, 0.2) is 0 Å². The van der Waals surface area contributed by atoms with E-state index in [0.29, 0.717) is 5.41 Å². The Balaban J connectivity index is 2.00. The van der Waals surface area contributed by atoms with Crippen LogP contribution in [0, 0.1) is 11.3 Å². The first-order valence-corrected chi connectivity index (χ1v) is 6.26. The van der Waals surface area contributed by atoms with Gasteiger partial charge in [0.25, 0.3) is 0 Å². The molecule has 1 aliphatic rings. The maximum Gasteiger partial charge on any atom is 0.0522 e. The van der Waals surface area contributed by atoms with Crippen LogP contribution in [0.1, 0.15) is 59.3 Å². The van der Waals surface area contributed by atoms with Crippen LogP contribution < -0.4 is 0 Å². The summed E-state index contributed by atoms with van der Waals surface area (Å²) in [6.45, 7) is 8.62. The lowest BCUT2D eigenvalue weighted by Crippen LogP contribution is -2.10. The summed E-state index contributed by atoms with van der Waals surface area (Å²) in [5, 5.41) is 0. The molecule has 0 aromatic heterocycles. The zero-order chi connectivity index (χ0) is 10.4. The molecular weight excluding hydrogens is 172 g/mol. The van der Waals surface area contributed by atoms with E-state index in [2.05, 4.69) is 20.8 Å². The summed E-state index contributed by atoms with van der Waals surface area (Å²) in [4.78, 5) is 0. The Morgan fingerprint density at radius 1 is 1.21 bits per heavy atom. The first kappa shape index (κ1) is 12.0. The van der Waals surface area contributed by atoms with Crippen molar-refractivity contribution in [3.63, 3.8) is 0 Å². The van der Waals surface area contributed by atoms with Gasteiger partial charge in [0.1, 0.15) is 0 Å². The van der Waals surface area contributed by atoms with Crippen molar-refractivity contribution in [3.8, 4) is 0 Å². The van der Waals surface area contributed by atoms with Crippen molar-refractivity contribution in [2.45, 2.75) is 59.3 Å². The van der Waals surface area contributed by atoms with Gasteiger partial charge in [0.05, 0.1) is 6.61 Å². The second-order valence-corrected chi connectivity index (χ2v) is 5.28. The Hall–Kier alpha value is -0.0400. The third kappa shape index (κ3) is 4.45. The highest BCUT2D eigenvalue weighted by molar-refractivity contribution is 4.92. The third-order valence-corrected chi connectivity index (χ3v) is 3.31. The first-order chi connectivity index (χ1) is 6.68. The van der Waals surface area contributed by atoms with Crippen LogP contribution in [0.15, 0.2) is 0 Å². The fraction of sp³-hybridized carbons (Fsp3) is 1.00. The molecule has 1 rings (SSSR count). The molecule has 1 nitrogen and oxygen atoms in total. The zero-order valence-electron chi connectivity index (χ0n) is 10.1. The molecule has 0 atom stereocenters. The Kier molecular flexibility index (Phi) is 4.94. The van der Waals surface area contributed by atoms with E-state index < -0.39 is 0 Å². The molecular formula is C13H26O. The summed E-state index contributed by atoms with van der Waals surface area (Å²) in [5.41, 5.74) is 0.618. The van der Waals surface area contributed by atoms with E-state index in [1.54, 1.807) is 0 Å². The average Bonchev–Trinajstić information content (AvgIpc) is 2.90. The van der Waals surface area contributed by atoms with Crippen molar-refractivity contribution in [2.24, 2.45) is 11.3 Å². The molecule has 0 spiro atoms. The number of hydrogen-bond acceptors (Lipinski definition) is 1. The van der Waals surface area contributed by atoms with E-state index >= 15 is 0 Å². The summed E-state index contributed by atoms with van der Waals surface area (Å²) in [6, 6.07) is 0. The van der Waals surface area contributed by atoms with Crippen LogP contribution in [0.25, 0.3) is 0 Å². The van der Waals surface area contributed by atoms with Gasteiger partial charge in [-0.2, -0.15) is 0 Å². The van der Waals surface area contributed by atoms with Crippen molar-refractivity contribution in [3.05, 3.63) is 0 Å². The molecule has 0 saturated heterocycles. The molecule has 0 bridgehead atoms. The van der Waals surface area contributed by atoms with Gasteiger partial charge in [-0.1, -0.05) is 33.1 Å². The number of rotatable bonds is 8. The predicted molar refractivity (Wildman–Crippen MR) is 61.5 cm³/mol.